The molecule has 2 aromatic rings. The zero-order chi connectivity index (χ0) is 14.5. The molecular weight excluding hydrogens is 292 g/mol. The van der Waals surface area contributed by atoms with Crippen molar-refractivity contribution in [3.63, 3.8) is 0 Å². The summed E-state index contributed by atoms with van der Waals surface area (Å²) in [6.07, 6.45) is 2.09. The number of rotatable bonds is 4. The second kappa shape index (κ2) is 6.82. The van der Waals surface area contributed by atoms with E-state index in [1.807, 2.05) is 12.1 Å². The molecular formula is C16H15ClO2S. The van der Waals surface area contributed by atoms with Crippen LogP contribution in [0.15, 0.2) is 47.4 Å². The molecule has 0 aliphatic heterocycles. The number of esters is 1. The van der Waals surface area contributed by atoms with Crippen molar-refractivity contribution in [3.05, 3.63) is 58.6 Å². The molecule has 20 heavy (non-hydrogen) atoms. The Balaban J connectivity index is 2.09. The first-order valence-electron chi connectivity index (χ1n) is 6.40. The van der Waals surface area contributed by atoms with E-state index in [4.69, 9.17) is 16.3 Å². The summed E-state index contributed by atoms with van der Waals surface area (Å²) >= 11 is 10.1. The van der Waals surface area contributed by atoms with E-state index in [0.29, 0.717) is 21.2 Å². The Bertz CT molecular complexity index is 608. The summed E-state index contributed by atoms with van der Waals surface area (Å²) < 4.78 is 5.28. The van der Waals surface area contributed by atoms with Crippen LogP contribution in [0.2, 0.25) is 5.02 Å². The standard InChI is InChI=1S/C16H15ClO2S/c1-2-3-11-4-6-12(7-5-11)16(18)19-13-8-9-15(20)14(17)10-13/h4-10,20H,2-3H2,1H3. The van der Waals surface area contributed by atoms with Crippen LogP contribution in [-0.2, 0) is 6.42 Å². The van der Waals surface area contributed by atoms with Crippen LogP contribution >= 0.6 is 24.2 Å². The fourth-order valence-electron chi connectivity index (χ4n) is 1.81. The Kier molecular flexibility index (Phi) is 5.10. The van der Waals surface area contributed by atoms with Gasteiger partial charge in [-0.3, -0.25) is 0 Å². The molecule has 0 amide bonds. The quantitative estimate of drug-likeness (QED) is 0.499. The van der Waals surface area contributed by atoms with E-state index in [2.05, 4.69) is 19.6 Å². The monoisotopic (exact) mass is 306 g/mol. The zero-order valence-corrected chi connectivity index (χ0v) is 12.7. The van der Waals surface area contributed by atoms with Crippen molar-refractivity contribution in [2.24, 2.45) is 0 Å². The molecule has 0 bridgehead atoms. The number of carbonyl (C=O) groups is 1. The van der Waals surface area contributed by atoms with Gasteiger partial charge < -0.3 is 4.74 Å². The lowest BCUT2D eigenvalue weighted by Crippen LogP contribution is -2.08. The van der Waals surface area contributed by atoms with Crippen molar-refractivity contribution in [1.29, 1.82) is 0 Å². The number of hydrogen-bond acceptors (Lipinski definition) is 3. The fraction of sp³-hybridized carbons (Fsp3) is 0.188. The van der Waals surface area contributed by atoms with Crippen LogP contribution in [-0.4, -0.2) is 5.97 Å². The van der Waals surface area contributed by atoms with Gasteiger partial charge in [0.05, 0.1) is 10.6 Å². The van der Waals surface area contributed by atoms with Crippen LogP contribution in [0, 0.1) is 0 Å². The SMILES string of the molecule is CCCc1ccc(C(=O)Oc2ccc(S)c(Cl)c2)cc1. The lowest BCUT2D eigenvalue weighted by atomic mass is 10.1. The predicted octanol–water partition coefficient (Wildman–Crippen LogP) is 4.80. The molecule has 104 valence electrons. The van der Waals surface area contributed by atoms with Gasteiger partial charge in [0.25, 0.3) is 0 Å². The van der Waals surface area contributed by atoms with E-state index < -0.39 is 5.97 Å². The van der Waals surface area contributed by atoms with Crippen molar-refractivity contribution in [3.8, 4) is 5.75 Å². The minimum atomic E-state index is -0.393. The molecule has 0 radical (unpaired) electrons. The number of ether oxygens (including phenoxy) is 1. The highest BCUT2D eigenvalue weighted by Crippen LogP contribution is 2.25. The molecule has 0 fully saturated rings. The average molecular weight is 307 g/mol. The second-order valence-electron chi connectivity index (χ2n) is 4.45. The Morgan fingerprint density at radius 1 is 1.20 bits per heavy atom. The molecule has 0 atom stereocenters. The van der Waals surface area contributed by atoms with E-state index in [-0.39, 0.29) is 0 Å². The number of aryl methyl sites for hydroxylation is 1. The molecule has 0 N–H and O–H groups in total. The Morgan fingerprint density at radius 3 is 2.50 bits per heavy atom. The highest BCUT2D eigenvalue weighted by molar-refractivity contribution is 7.80. The van der Waals surface area contributed by atoms with Gasteiger partial charge in [0.1, 0.15) is 5.75 Å². The maximum atomic E-state index is 12.0. The first-order chi connectivity index (χ1) is 9.60. The van der Waals surface area contributed by atoms with Gasteiger partial charge in [-0.15, -0.1) is 12.6 Å². The van der Waals surface area contributed by atoms with Crippen molar-refractivity contribution in [1.82, 2.24) is 0 Å². The Labute approximate surface area is 129 Å². The smallest absolute Gasteiger partial charge is 0.343 e. The Hall–Kier alpha value is -1.45. The maximum Gasteiger partial charge on any atom is 0.343 e. The molecule has 0 saturated carbocycles. The van der Waals surface area contributed by atoms with E-state index in [1.54, 1.807) is 30.3 Å². The zero-order valence-electron chi connectivity index (χ0n) is 11.1. The van der Waals surface area contributed by atoms with Crippen molar-refractivity contribution in [2.45, 2.75) is 24.7 Å². The van der Waals surface area contributed by atoms with Crippen molar-refractivity contribution < 1.29 is 9.53 Å². The maximum absolute atomic E-state index is 12.0. The third kappa shape index (κ3) is 3.78. The molecule has 0 aliphatic carbocycles. The lowest BCUT2D eigenvalue weighted by molar-refractivity contribution is 0.0734. The summed E-state index contributed by atoms with van der Waals surface area (Å²) in [4.78, 5) is 12.6. The molecule has 4 heteroatoms. The normalized spacial score (nSPS) is 10.3. The van der Waals surface area contributed by atoms with Gasteiger partial charge in [-0.25, -0.2) is 4.79 Å². The fourth-order valence-corrected chi connectivity index (χ4v) is 2.12. The topological polar surface area (TPSA) is 26.3 Å². The first kappa shape index (κ1) is 14.9. The summed E-state index contributed by atoms with van der Waals surface area (Å²) in [6, 6.07) is 12.4. The summed E-state index contributed by atoms with van der Waals surface area (Å²) in [5.74, 6) is 0.0199. The molecule has 0 aromatic heterocycles. The summed E-state index contributed by atoms with van der Waals surface area (Å²) in [5, 5.41) is 0.455. The van der Waals surface area contributed by atoms with E-state index in [9.17, 15) is 4.79 Å². The van der Waals surface area contributed by atoms with Gasteiger partial charge in [-0.2, -0.15) is 0 Å². The highest BCUT2D eigenvalue weighted by Gasteiger charge is 2.09. The van der Waals surface area contributed by atoms with Crippen LogP contribution in [0.3, 0.4) is 0 Å². The van der Waals surface area contributed by atoms with Gasteiger partial charge >= 0.3 is 5.97 Å². The van der Waals surface area contributed by atoms with E-state index in [1.165, 1.54) is 5.56 Å². The number of hydrogen-bond donors (Lipinski definition) is 1. The predicted molar refractivity (Wildman–Crippen MR) is 84.1 cm³/mol. The molecule has 0 unspecified atom stereocenters. The molecule has 2 nitrogen and oxygen atoms in total. The van der Waals surface area contributed by atoms with Crippen LogP contribution in [0.5, 0.6) is 5.75 Å². The van der Waals surface area contributed by atoms with Gasteiger partial charge in [-0.05, 0) is 36.2 Å². The molecule has 0 spiro atoms. The molecule has 2 rings (SSSR count). The van der Waals surface area contributed by atoms with E-state index >= 15 is 0 Å². The van der Waals surface area contributed by atoms with Crippen LogP contribution in [0.25, 0.3) is 0 Å². The Morgan fingerprint density at radius 2 is 1.90 bits per heavy atom. The summed E-state index contributed by atoms with van der Waals surface area (Å²) in [7, 11) is 0. The minimum Gasteiger partial charge on any atom is -0.423 e. The third-order valence-electron chi connectivity index (χ3n) is 2.86. The molecule has 0 aliphatic rings. The number of carbonyl (C=O) groups excluding carboxylic acids is 1. The summed E-state index contributed by atoms with van der Waals surface area (Å²) in [5.41, 5.74) is 1.74. The van der Waals surface area contributed by atoms with Gasteiger partial charge in [-0.1, -0.05) is 37.1 Å². The van der Waals surface area contributed by atoms with E-state index in [0.717, 1.165) is 12.8 Å². The number of benzene rings is 2. The largest absolute Gasteiger partial charge is 0.423 e. The minimum absolute atomic E-state index is 0.393. The lowest BCUT2D eigenvalue weighted by Gasteiger charge is -2.06. The average Bonchev–Trinajstić information content (AvgIpc) is 2.44. The second-order valence-corrected chi connectivity index (χ2v) is 5.34. The molecule has 0 saturated heterocycles. The number of thiol groups is 1. The van der Waals surface area contributed by atoms with Crippen molar-refractivity contribution in [2.75, 3.05) is 0 Å². The molecule has 0 heterocycles. The van der Waals surface area contributed by atoms with Crippen molar-refractivity contribution >= 4 is 30.2 Å². The van der Waals surface area contributed by atoms with Crippen LogP contribution in [0.4, 0.5) is 0 Å². The first-order valence-corrected chi connectivity index (χ1v) is 7.22. The summed E-state index contributed by atoms with van der Waals surface area (Å²) in [6.45, 7) is 2.12. The number of halogens is 1. The van der Waals surface area contributed by atoms with Crippen LogP contribution < -0.4 is 4.74 Å². The molecule has 2 aromatic carbocycles. The van der Waals surface area contributed by atoms with Gasteiger partial charge in [0, 0.05) is 11.0 Å². The van der Waals surface area contributed by atoms with Gasteiger partial charge in [0.15, 0.2) is 0 Å². The van der Waals surface area contributed by atoms with Gasteiger partial charge in [0.2, 0.25) is 0 Å². The highest BCUT2D eigenvalue weighted by atomic mass is 35.5. The third-order valence-corrected chi connectivity index (χ3v) is 3.69. The van der Waals surface area contributed by atoms with Crippen LogP contribution in [0.1, 0.15) is 29.3 Å².